The number of rotatable bonds is 6. The Balaban J connectivity index is 1.32. The van der Waals surface area contributed by atoms with Crippen molar-refractivity contribution in [2.45, 2.75) is 13.0 Å². The number of nitrogens with one attached hydrogen (secondary N) is 3. The molecule has 4 rings (SSSR count). The molecule has 0 radical (unpaired) electrons. The molecule has 2 aromatic heterocycles. The summed E-state index contributed by atoms with van der Waals surface area (Å²) in [6.07, 6.45) is 2.78. The van der Waals surface area contributed by atoms with Crippen LogP contribution in [0, 0.1) is 0 Å². The fourth-order valence-electron chi connectivity index (χ4n) is 3.47. The summed E-state index contributed by atoms with van der Waals surface area (Å²) in [7, 11) is 3.82. The molecule has 0 aliphatic heterocycles. The first kappa shape index (κ1) is 18.8. The molecule has 29 heavy (non-hydrogen) atoms. The molecule has 0 saturated heterocycles. The normalized spacial score (nSPS) is 11.7. The van der Waals surface area contributed by atoms with Gasteiger partial charge in [-0.2, -0.15) is 0 Å². The molecule has 2 aromatic carbocycles. The molecule has 0 saturated carbocycles. The number of H-pyrrole nitrogens is 2. The fraction of sp³-hybridized carbons (Fsp3) is 0.217. The Morgan fingerprint density at radius 3 is 2.66 bits per heavy atom. The van der Waals surface area contributed by atoms with Crippen LogP contribution >= 0.6 is 0 Å². The van der Waals surface area contributed by atoms with Gasteiger partial charge in [0.25, 0.3) is 0 Å². The maximum atomic E-state index is 4.52. The Bertz CT molecular complexity index is 1060. The van der Waals surface area contributed by atoms with Gasteiger partial charge in [0.15, 0.2) is 5.96 Å². The maximum Gasteiger partial charge on any atom is 0.193 e. The van der Waals surface area contributed by atoms with Crippen molar-refractivity contribution in [1.29, 1.82) is 0 Å². The maximum absolute atomic E-state index is 4.52. The lowest BCUT2D eigenvalue weighted by molar-refractivity contribution is 0.464. The van der Waals surface area contributed by atoms with E-state index in [0.29, 0.717) is 6.54 Å². The Labute approximate surface area is 170 Å². The monoisotopic (exact) mass is 386 g/mol. The highest BCUT2D eigenvalue weighted by molar-refractivity contribution is 5.81. The first-order valence-electron chi connectivity index (χ1n) is 9.80. The van der Waals surface area contributed by atoms with Gasteiger partial charge in [0.05, 0.1) is 18.4 Å². The minimum atomic E-state index is 0.652. The van der Waals surface area contributed by atoms with Crippen molar-refractivity contribution >= 4 is 16.9 Å². The number of benzene rings is 2. The zero-order chi connectivity index (χ0) is 20.1. The number of para-hydroxylation sites is 1. The Morgan fingerprint density at radius 2 is 1.86 bits per heavy atom. The van der Waals surface area contributed by atoms with E-state index in [4.69, 9.17) is 0 Å². The van der Waals surface area contributed by atoms with Crippen molar-refractivity contribution in [3.05, 3.63) is 78.4 Å². The number of hydrogen-bond donors (Lipinski definition) is 3. The number of guanidine groups is 1. The van der Waals surface area contributed by atoms with Crippen molar-refractivity contribution in [2.24, 2.45) is 4.99 Å². The van der Waals surface area contributed by atoms with Crippen molar-refractivity contribution in [2.75, 3.05) is 20.6 Å². The van der Waals surface area contributed by atoms with Crippen molar-refractivity contribution in [3.63, 3.8) is 0 Å². The van der Waals surface area contributed by atoms with Gasteiger partial charge in [0.1, 0.15) is 5.82 Å². The minimum Gasteiger partial charge on any atom is -0.358 e. The number of hydrogen-bond acceptors (Lipinski definition) is 2. The van der Waals surface area contributed by atoms with Gasteiger partial charge >= 0.3 is 0 Å². The third kappa shape index (κ3) is 4.48. The molecule has 6 heteroatoms. The summed E-state index contributed by atoms with van der Waals surface area (Å²) < 4.78 is 0. The lowest BCUT2D eigenvalue weighted by atomic mass is 10.2. The summed E-state index contributed by atoms with van der Waals surface area (Å²) in [5, 5.41) is 4.68. The van der Waals surface area contributed by atoms with Gasteiger partial charge in [0.2, 0.25) is 0 Å². The topological polar surface area (TPSA) is 72.1 Å². The highest BCUT2D eigenvalue weighted by Gasteiger charge is 2.10. The van der Waals surface area contributed by atoms with Gasteiger partial charge in [-0.05, 0) is 23.1 Å². The molecule has 3 N–H and O–H groups in total. The average Bonchev–Trinajstić information content (AvgIpc) is 3.38. The van der Waals surface area contributed by atoms with Gasteiger partial charge in [-0.15, -0.1) is 0 Å². The standard InChI is InChI=1S/C23H26N6/c1-24-23(25-13-12-19-14-18-10-6-7-11-20(18)27-19)29(2)16-22-26-15-21(28-22)17-8-4-3-5-9-17/h3-11,14-15,27H,12-13,16H2,1-2H3,(H,24,25)(H,26,28). The summed E-state index contributed by atoms with van der Waals surface area (Å²) >= 11 is 0. The van der Waals surface area contributed by atoms with Crippen molar-refractivity contribution < 1.29 is 0 Å². The summed E-state index contributed by atoms with van der Waals surface area (Å²) in [6.45, 7) is 1.45. The highest BCUT2D eigenvalue weighted by atomic mass is 15.3. The summed E-state index contributed by atoms with van der Waals surface area (Å²) in [6, 6.07) is 20.8. The van der Waals surface area contributed by atoms with E-state index >= 15 is 0 Å². The third-order valence-electron chi connectivity index (χ3n) is 4.94. The van der Waals surface area contributed by atoms with E-state index in [1.165, 1.54) is 16.6 Å². The number of aliphatic imine (C=N–C) groups is 1. The average molecular weight is 387 g/mol. The molecule has 0 amide bonds. The Morgan fingerprint density at radius 1 is 1.07 bits per heavy atom. The van der Waals surface area contributed by atoms with E-state index in [-0.39, 0.29) is 0 Å². The van der Waals surface area contributed by atoms with E-state index in [0.717, 1.165) is 36.0 Å². The summed E-state index contributed by atoms with van der Waals surface area (Å²) in [5.74, 6) is 1.75. The van der Waals surface area contributed by atoms with E-state index in [2.05, 4.69) is 72.6 Å². The van der Waals surface area contributed by atoms with Gasteiger partial charge in [-0.1, -0.05) is 48.5 Å². The molecule has 0 bridgehead atoms. The predicted molar refractivity (Wildman–Crippen MR) is 119 cm³/mol. The van der Waals surface area contributed by atoms with E-state index in [9.17, 15) is 0 Å². The van der Waals surface area contributed by atoms with Crippen LogP contribution in [0.3, 0.4) is 0 Å². The molecule has 6 nitrogen and oxygen atoms in total. The molecular weight excluding hydrogens is 360 g/mol. The van der Waals surface area contributed by atoms with Crippen LogP contribution in [0.25, 0.3) is 22.2 Å². The molecule has 2 heterocycles. The number of aromatic nitrogens is 3. The van der Waals surface area contributed by atoms with Gasteiger partial charge in [0, 0.05) is 38.3 Å². The van der Waals surface area contributed by atoms with Crippen LogP contribution in [0.4, 0.5) is 0 Å². The first-order valence-corrected chi connectivity index (χ1v) is 9.80. The van der Waals surface area contributed by atoms with Crippen LogP contribution in [-0.2, 0) is 13.0 Å². The van der Waals surface area contributed by atoms with Gasteiger partial charge in [-0.25, -0.2) is 4.98 Å². The van der Waals surface area contributed by atoms with E-state index in [1.54, 1.807) is 7.05 Å². The van der Waals surface area contributed by atoms with Crippen LogP contribution < -0.4 is 5.32 Å². The number of nitrogens with zero attached hydrogens (tertiary/aromatic N) is 3. The third-order valence-corrected chi connectivity index (χ3v) is 4.94. The zero-order valence-electron chi connectivity index (χ0n) is 16.8. The molecule has 0 unspecified atom stereocenters. The zero-order valence-corrected chi connectivity index (χ0v) is 16.8. The minimum absolute atomic E-state index is 0.652. The van der Waals surface area contributed by atoms with Crippen LogP contribution in [-0.4, -0.2) is 46.5 Å². The van der Waals surface area contributed by atoms with Crippen LogP contribution in [0.15, 0.2) is 71.9 Å². The van der Waals surface area contributed by atoms with Crippen LogP contribution in [0.5, 0.6) is 0 Å². The second-order valence-corrected chi connectivity index (χ2v) is 7.07. The van der Waals surface area contributed by atoms with E-state index in [1.807, 2.05) is 31.4 Å². The highest BCUT2D eigenvalue weighted by Crippen LogP contribution is 2.17. The molecule has 0 aliphatic rings. The molecule has 0 aliphatic carbocycles. The molecule has 0 atom stereocenters. The van der Waals surface area contributed by atoms with Crippen LogP contribution in [0.1, 0.15) is 11.5 Å². The lowest BCUT2D eigenvalue weighted by Crippen LogP contribution is -2.39. The van der Waals surface area contributed by atoms with Gasteiger partial charge in [-0.3, -0.25) is 4.99 Å². The second kappa shape index (κ2) is 8.65. The van der Waals surface area contributed by atoms with Crippen molar-refractivity contribution in [1.82, 2.24) is 25.2 Å². The van der Waals surface area contributed by atoms with Gasteiger partial charge < -0.3 is 20.2 Å². The quantitative estimate of drug-likeness (QED) is 0.349. The second-order valence-electron chi connectivity index (χ2n) is 7.07. The molecular formula is C23H26N6. The molecule has 0 fully saturated rings. The summed E-state index contributed by atoms with van der Waals surface area (Å²) in [5.41, 5.74) is 4.55. The van der Waals surface area contributed by atoms with Crippen molar-refractivity contribution in [3.8, 4) is 11.3 Å². The number of aromatic amines is 2. The Kier molecular flexibility index (Phi) is 5.61. The number of imidazole rings is 1. The smallest absolute Gasteiger partial charge is 0.193 e. The lowest BCUT2D eigenvalue weighted by Gasteiger charge is -2.21. The molecule has 148 valence electrons. The number of fused-ring (bicyclic) bond motifs is 1. The first-order chi connectivity index (χ1) is 14.2. The molecule has 0 spiro atoms. The molecule has 4 aromatic rings. The fourth-order valence-corrected chi connectivity index (χ4v) is 3.47. The summed E-state index contributed by atoms with van der Waals surface area (Å²) in [4.78, 5) is 17.8. The Hall–Kier alpha value is -3.54. The SMILES string of the molecule is CN=C(NCCc1cc2ccccc2[nH]1)N(C)Cc1ncc(-c2ccccc2)[nH]1. The van der Waals surface area contributed by atoms with Crippen LogP contribution in [0.2, 0.25) is 0 Å². The predicted octanol–water partition coefficient (Wildman–Crippen LogP) is 3.81. The largest absolute Gasteiger partial charge is 0.358 e. The van der Waals surface area contributed by atoms with E-state index < -0.39 is 0 Å².